The molecular weight excluding hydrogens is 206 g/mol. The normalized spacial score (nSPS) is 38.6. The Morgan fingerprint density at radius 2 is 2.25 bits per heavy atom. The molecule has 0 spiro atoms. The Morgan fingerprint density at radius 3 is 2.88 bits per heavy atom. The highest BCUT2D eigenvalue weighted by Gasteiger charge is 2.40. The van der Waals surface area contributed by atoms with Gasteiger partial charge in [0.05, 0.1) is 25.4 Å². The molecule has 2 aliphatic rings. The SMILES string of the molecule is CCCOC1C(N)CC1OCC1CCOC1. The van der Waals surface area contributed by atoms with Crippen LogP contribution in [0, 0.1) is 5.92 Å². The zero-order valence-corrected chi connectivity index (χ0v) is 10.1. The minimum atomic E-state index is 0.113. The van der Waals surface area contributed by atoms with Gasteiger partial charge in [0.2, 0.25) is 0 Å². The maximum atomic E-state index is 5.91. The Bertz CT molecular complexity index is 206. The summed E-state index contributed by atoms with van der Waals surface area (Å²) in [7, 11) is 0. The molecular formula is C12H23NO3. The smallest absolute Gasteiger partial charge is 0.0988 e. The predicted molar refractivity (Wildman–Crippen MR) is 61.3 cm³/mol. The summed E-state index contributed by atoms with van der Waals surface area (Å²) < 4.78 is 16.9. The second kappa shape index (κ2) is 5.96. The van der Waals surface area contributed by atoms with E-state index < -0.39 is 0 Å². The molecule has 0 aromatic carbocycles. The quantitative estimate of drug-likeness (QED) is 0.736. The Labute approximate surface area is 97.4 Å². The lowest BCUT2D eigenvalue weighted by molar-refractivity contribution is -0.145. The van der Waals surface area contributed by atoms with Crippen molar-refractivity contribution in [3.8, 4) is 0 Å². The zero-order chi connectivity index (χ0) is 11.4. The molecule has 4 heteroatoms. The van der Waals surface area contributed by atoms with Gasteiger partial charge in [0, 0.05) is 25.2 Å². The third-order valence-corrected chi connectivity index (χ3v) is 3.38. The second-order valence-electron chi connectivity index (χ2n) is 4.84. The van der Waals surface area contributed by atoms with Gasteiger partial charge in [-0.25, -0.2) is 0 Å². The minimum absolute atomic E-state index is 0.113. The standard InChI is InChI=1S/C12H23NO3/c1-2-4-15-12-10(13)6-11(12)16-8-9-3-5-14-7-9/h9-12H,2-8,13H2,1H3. The molecule has 0 aromatic rings. The van der Waals surface area contributed by atoms with Crippen LogP contribution in [0.1, 0.15) is 26.2 Å². The lowest BCUT2D eigenvalue weighted by atomic mass is 9.86. The monoisotopic (exact) mass is 229 g/mol. The van der Waals surface area contributed by atoms with E-state index in [1.54, 1.807) is 0 Å². The average Bonchev–Trinajstić information content (AvgIpc) is 2.77. The van der Waals surface area contributed by atoms with E-state index >= 15 is 0 Å². The van der Waals surface area contributed by atoms with Gasteiger partial charge >= 0.3 is 0 Å². The minimum Gasteiger partial charge on any atom is -0.381 e. The van der Waals surface area contributed by atoms with Crippen molar-refractivity contribution in [2.45, 2.75) is 44.4 Å². The summed E-state index contributed by atoms with van der Waals surface area (Å²) in [5.74, 6) is 0.573. The van der Waals surface area contributed by atoms with Gasteiger partial charge in [-0.15, -0.1) is 0 Å². The van der Waals surface area contributed by atoms with Crippen molar-refractivity contribution in [1.29, 1.82) is 0 Å². The number of hydrogen-bond donors (Lipinski definition) is 1. The van der Waals surface area contributed by atoms with Gasteiger partial charge in [-0.05, 0) is 19.3 Å². The summed E-state index contributed by atoms with van der Waals surface area (Å²) in [6, 6.07) is 0.163. The Morgan fingerprint density at radius 1 is 1.38 bits per heavy atom. The molecule has 4 atom stereocenters. The van der Waals surface area contributed by atoms with Gasteiger partial charge in [-0.1, -0.05) is 6.92 Å². The second-order valence-corrected chi connectivity index (χ2v) is 4.84. The fraction of sp³-hybridized carbons (Fsp3) is 1.00. The van der Waals surface area contributed by atoms with E-state index in [0.29, 0.717) is 5.92 Å². The molecule has 1 saturated carbocycles. The first kappa shape index (κ1) is 12.3. The number of nitrogens with two attached hydrogens (primary N) is 1. The molecule has 1 aliphatic carbocycles. The van der Waals surface area contributed by atoms with E-state index in [1.807, 2.05) is 0 Å². The van der Waals surface area contributed by atoms with Crippen LogP contribution in [-0.2, 0) is 14.2 Å². The summed E-state index contributed by atoms with van der Waals surface area (Å²) in [4.78, 5) is 0. The lowest BCUT2D eigenvalue weighted by Crippen LogP contribution is -2.58. The van der Waals surface area contributed by atoms with Crippen molar-refractivity contribution in [3.05, 3.63) is 0 Å². The van der Waals surface area contributed by atoms with Crippen LogP contribution >= 0.6 is 0 Å². The molecule has 0 radical (unpaired) electrons. The van der Waals surface area contributed by atoms with E-state index in [4.69, 9.17) is 19.9 Å². The van der Waals surface area contributed by atoms with Crippen LogP contribution in [0.25, 0.3) is 0 Å². The van der Waals surface area contributed by atoms with E-state index in [0.717, 1.165) is 45.7 Å². The zero-order valence-electron chi connectivity index (χ0n) is 10.1. The average molecular weight is 229 g/mol. The van der Waals surface area contributed by atoms with Crippen LogP contribution in [0.4, 0.5) is 0 Å². The summed E-state index contributed by atoms with van der Waals surface area (Å²) in [5, 5.41) is 0. The van der Waals surface area contributed by atoms with Gasteiger partial charge < -0.3 is 19.9 Å². The largest absolute Gasteiger partial charge is 0.381 e. The number of rotatable bonds is 6. The molecule has 0 aromatic heterocycles. The van der Waals surface area contributed by atoms with E-state index in [-0.39, 0.29) is 18.2 Å². The summed E-state index contributed by atoms with van der Waals surface area (Å²) >= 11 is 0. The molecule has 1 saturated heterocycles. The Balaban J connectivity index is 1.64. The van der Waals surface area contributed by atoms with Crippen LogP contribution in [0.2, 0.25) is 0 Å². The first-order valence-electron chi connectivity index (χ1n) is 6.37. The van der Waals surface area contributed by atoms with Crippen molar-refractivity contribution in [2.75, 3.05) is 26.4 Å². The maximum Gasteiger partial charge on any atom is 0.0988 e. The third-order valence-electron chi connectivity index (χ3n) is 3.38. The fourth-order valence-corrected chi connectivity index (χ4v) is 2.24. The molecule has 1 aliphatic heterocycles. The predicted octanol–water partition coefficient (Wildman–Crippen LogP) is 0.934. The van der Waals surface area contributed by atoms with Crippen LogP contribution in [0.5, 0.6) is 0 Å². The first-order valence-corrected chi connectivity index (χ1v) is 6.37. The van der Waals surface area contributed by atoms with Crippen LogP contribution in [0.3, 0.4) is 0 Å². The molecule has 16 heavy (non-hydrogen) atoms. The Kier molecular flexibility index (Phi) is 4.58. The van der Waals surface area contributed by atoms with Crippen molar-refractivity contribution in [2.24, 2.45) is 11.7 Å². The lowest BCUT2D eigenvalue weighted by Gasteiger charge is -2.42. The molecule has 2 N–H and O–H groups in total. The molecule has 0 amide bonds. The van der Waals surface area contributed by atoms with Crippen molar-refractivity contribution < 1.29 is 14.2 Å². The van der Waals surface area contributed by atoms with Crippen molar-refractivity contribution >= 4 is 0 Å². The maximum absolute atomic E-state index is 5.91. The topological polar surface area (TPSA) is 53.7 Å². The van der Waals surface area contributed by atoms with Crippen LogP contribution < -0.4 is 5.73 Å². The van der Waals surface area contributed by atoms with E-state index in [9.17, 15) is 0 Å². The molecule has 4 unspecified atom stereocenters. The highest BCUT2D eigenvalue weighted by atomic mass is 16.5. The van der Waals surface area contributed by atoms with Crippen molar-refractivity contribution in [3.63, 3.8) is 0 Å². The summed E-state index contributed by atoms with van der Waals surface area (Å²) in [6.07, 6.45) is 3.41. The number of ether oxygens (including phenoxy) is 3. The summed E-state index contributed by atoms with van der Waals surface area (Å²) in [6.45, 7) is 5.41. The fourth-order valence-electron chi connectivity index (χ4n) is 2.24. The molecule has 1 heterocycles. The Hall–Kier alpha value is -0.160. The first-order chi connectivity index (χ1) is 7.81. The van der Waals surface area contributed by atoms with Crippen LogP contribution in [0.15, 0.2) is 0 Å². The van der Waals surface area contributed by atoms with Gasteiger partial charge in [-0.2, -0.15) is 0 Å². The van der Waals surface area contributed by atoms with Gasteiger partial charge in [0.15, 0.2) is 0 Å². The van der Waals surface area contributed by atoms with Gasteiger partial charge in [0.25, 0.3) is 0 Å². The van der Waals surface area contributed by atoms with Crippen molar-refractivity contribution in [1.82, 2.24) is 0 Å². The van der Waals surface area contributed by atoms with Crippen LogP contribution in [-0.4, -0.2) is 44.7 Å². The molecule has 2 fully saturated rings. The number of hydrogen-bond acceptors (Lipinski definition) is 4. The van der Waals surface area contributed by atoms with E-state index in [1.165, 1.54) is 0 Å². The molecule has 0 bridgehead atoms. The summed E-state index contributed by atoms with van der Waals surface area (Å²) in [5.41, 5.74) is 5.91. The molecule has 94 valence electrons. The van der Waals surface area contributed by atoms with E-state index in [2.05, 4.69) is 6.92 Å². The molecule has 2 rings (SSSR count). The molecule has 4 nitrogen and oxygen atoms in total. The highest BCUT2D eigenvalue weighted by Crippen LogP contribution is 2.27. The van der Waals surface area contributed by atoms with Gasteiger partial charge in [0.1, 0.15) is 0 Å². The highest BCUT2D eigenvalue weighted by molar-refractivity contribution is 4.95. The van der Waals surface area contributed by atoms with Gasteiger partial charge in [-0.3, -0.25) is 0 Å². The third kappa shape index (κ3) is 2.94.